The second-order valence-electron chi connectivity index (χ2n) is 5.98. The van der Waals surface area contributed by atoms with E-state index in [4.69, 9.17) is 17.3 Å². The van der Waals surface area contributed by atoms with Gasteiger partial charge in [-0.2, -0.15) is 0 Å². The number of rotatable bonds is 3. The number of carbonyl (C=O) groups excluding carboxylic acids is 2. The second-order valence-corrected chi connectivity index (χ2v) is 6.39. The quantitative estimate of drug-likeness (QED) is 0.910. The Hall–Kier alpha value is -1.66. The van der Waals surface area contributed by atoms with Gasteiger partial charge in [0.15, 0.2) is 0 Å². The summed E-state index contributed by atoms with van der Waals surface area (Å²) >= 11 is 5.93. The predicted molar refractivity (Wildman–Crippen MR) is 86.7 cm³/mol. The molecule has 5 nitrogen and oxygen atoms in total. The summed E-state index contributed by atoms with van der Waals surface area (Å²) < 4.78 is 13.8. The van der Waals surface area contributed by atoms with Gasteiger partial charge in [-0.05, 0) is 18.1 Å². The lowest BCUT2D eigenvalue weighted by atomic mass is 10.0. The summed E-state index contributed by atoms with van der Waals surface area (Å²) in [5.74, 6) is -1.15. The van der Waals surface area contributed by atoms with Crippen LogP contribution < -0.4 is 5.73 Å². The molecule has 1 atom stereocenters. The van der Waals surface area contributed by atoms with Gasteiger partial charge in [-0.15, -0.1) is 0 Å². The molecule has 2 N–H and O–H groups in total. The van der Waals surface area contributed by atoms with Crippen LogP contribution in [0.3, 0.4) is 0 Å². The Morgan fingerprint density at radius 2 is 1.74 bits per heavy atom. The largest absolute Gasteiger partial charge is 0.338 e. The van der Waals surface area contributed by atoms with E-state index in [1.54, 1.807) is 4.90 Å². The van der Waals surface area contributed by atoms with Crippen LogP contribution in [0.15, 0.2) is 18.2 Å². The van der Waals surface area contributed by atoms with E-state index in [-0.39, 0.29) is 22.4 Å². The minimum atomic E-state index is -0.636. The van der Waals surface area contributed by atoms with E-state index in [0.29, 0.717) is 26.2 Å². The standard InChI is InChI=1S/C16H21ClFN3O2/c1-10(2)14(19)16(23)21-8-6-20(7-9-21)15(22)13-11(17)4-3-5-12(13)18/h3-5,10,14H,6-9,19H2,1-2H3/t14-/m0/s1. The molecule has 23 heavy (non-hydrogen) atoms. The van der Waals surface area contributed by atoms with E-state index in [9.17, 15) is 14.0 Å². The number of piperazine rings is 1. The smallest absolute Gasteiger partial charge is 0.258 e. The maximum Gasteiger partial charge on any atom is 0.258 e. The summed E-state index contributed by atoms with van der Waals surface area (Å²) in [7, 11) is 0. The Kier molecular flexibility index (Phi) is 5.59. The highest BCUT2D eigenvalue weighted by molar-refractivity contribution is 6.33. The van der Waals surface area contributed by atoms with Crippen molar-refractivity contribution in [1.29, 1.82) is 0 Å². The first-order valence-corrected chi connectivity index (χ1v) is 7.98. The van der Waals surface area contributed by atoms with Gasteiger partial charge in [0, 0.05) is 26.2 Å². The SMILES string of the molecule is CC(C)[C@H](N)C(=O)N1CCN(C(=O)c2c(F)cccc2Cl)CC1. The number of nitrogens with zero attached hydrogens (tertiary/aromatic N) is 2. The van der Waals surface area contributed by atoms with E-state index in [1.165, 1.54) is 23.1 Å². The molecule has 1 aromatic rings. The number of hydrogen-bond acceptors (Lipinski definition) is 3. The van der Waals surface area contributed by atoms with E-state index in [1.807, 2.05) is 13.8 Å². The fourth-order valence-electron chi connectivity index (χ4n) is 2.49. The van der Waals surface area contributed by atoms with Crippen LogP contribution in [0, 0.1) is 11.7 Å². The molecule has 0 saturated carbocycles. The predicted octanol–water partition coefficient (Wildman–Crippen LogP) is 1.75. The number of hydrogen-bond donors (Lipinski definition) is 1. The number of nitrogens with two attached hydrogens (primary N) is 1. The van der Waals surface area contributed by atoms with Crippen molar-refractivity contribution in [1.82, 2.24) is 9.80 Å². The fourth-order valence-corrected chi connectivity index (χ4v) is 2.73. The van der Waals surface area contributed by atoms with Gasteiger partial charge in [-0.3, -0.25) is 9.59 Å². The topological polar surface area (TPSA) is 66.6 Å². The summed E-state index contributed by atoms with van der Waals surface area (Å²) in [4.78, 5) is 27.8. The zero-order valence-corrected chi connectivity index (χ0v) is 14.0. The highest BCUT2D eigenvalue weighted by Gasteiger charge is 2.30. The minimum Gasteiger partial charge on any atom is -0.338 e. The van der Waals surface area contributed by atoms with Crippen LogP contribution in [0.4, 0.5) is 4.39 Å². The molecule has 1 heterocycles. The van der Waals surface area contributed by atoms with Crippen LogP contribution in [0.2, 0.25) is 5.02 Å². The summed E-state index contributed by atoms with van der Waals surface area (Å²) in [5, 5.41) is 0.0929. The number of halogens is 2. The average molecular weight is 342 g/mol. The first-order valence-electron chi connectivity index (χ1n) is 7.60. The maximum absolute atomic E-state index is 13.8. The molecule has 0 aromatic heterocycles. The van der Waals surface area contributed by atoms with Crippen LogP contribution >= 0.6 is 11.6 Å². The van der Waals surface area contributed by atoms with Gasteiger partial charge in [0.25, 0.3) is 5.91 Å². The molecule has 0 unspecified atom stereocenters. The molecule has 2 rings (SSSR count). The lowest BCUT2D eigenvalue weighted by Gasteiger charge is -2.36. The zero-order chi connectivity index (χ0) is 17.1. The third kappa shape index (κ3) is 3.82. The molecule has 2 amide bonds. The fraction of sp³-hybridized carbons (Fsp3) is 0.500. The number of amides is 2. The summed E-state index contributed by atoms with van der Waals surface area (Å²) in [5.41, 5.74) is 5.76. The van der Waals surface area contributed by atoms with Gasteiger partial charge in [-0.1, -0.05) is 31.5 Å². The Bertz CT molecular complexity index is 581. The molecule has 1 aliphatic heterocycles. The molecule has 0 radical (unpaired) electrons. The van der Waals surface area contributed by atoms with Crippen LogP contribution in [0.25, 0.3) is 0 Å². The van der Waals surface area contributed by atoms with E-state index < -0.39 is 17.8 Å². The molecule has 0 bridgehead atoms. The normalized spacial score (nSPS) is 16.6. The molecule has 7 heteroatoms. The maximum atomic E-state index is 13.8. The van der Waals surface area contributed by atoms with Crippen molar-refractivity contribution in [3.8, 4) is 0 Å². The third-order valence-electron chi connectivity index (χ3n) is 4.06. The first-order chi connectivity index (χ1) is 10.8. The molecular weight excluding hydrogens is 321 g/mol. The third-order valence-corrected chi connectivity index (χ3v) is 4.37. The van der Waals surface area contributed by atoms with Crippen LogP contribution in [-0.2, 0) is 4.79 Å². The Balaban J connectivity index is 2.02. The molecule has 1 aliphatic rings. The summed E-state index contributed by atoms with van der Waals surface area (Å²) in [6, 6.07) is 3.61. The van der Waals surface area contributed by atoms with E-state index in [0.717, 1.165) is 0 Å². The second kappa shape index (κ2) is 7.27. The van der Waals surface area contributed by atoms with Crippen molar-refractivity contribution in [2.24, 2.45) is 11.7 Å². The van der Waals surface area contributed by atoms with Gasteiger partial charge in [0.2, 0.25) is 5.91 Å². The monoisotopic (exact) mass is 341 g/mol. The van der Waals surface area contributed by atoms with Gasteiger partial charge < -0.3 is 15.5 Å². The van der Waals surface area contributed by atoms with Gasteiger partial charge in [0.1, 0.15) is 5.82 Å². The van der Waals surface area contributed by atoms with Crippen molar-refractivity contribution in [2.75, 3.05) is 26.2 Å². The van der Waals surface area contributed by atoms with Crippen molar-refractivity contribution < 1.29 is 14.0 Å². The summed E-state index contributed by atoms with van der Waals surface area (Å²) in [6.45, 7) is 5.22. The van der Waals surface area contributed by atoms with Crippen molar-refractivity contribution >= 4 is 23.4 Å². The molecule has 0 spiro atoms. The van der Waals surface area contributed by atoms with Crippen molar-refractivity contribution in [3.63, 3.8) is 0 Å². The number of carbonyl (C=O) groups is 2. The summed E-state index contributed by atoms with van der Waals surface area (Å²) in [6.07, 6.45) is 0. The molecule has 1 fully saturated rings. The van der Waals surface area contributed by atoms with Crippen LogP contribution in [-0.4, -0.2) is 53.8 Å². The molecular formula is C16H21ClFN3O2. The highest BCUT2D eigenvalue weighted by atomic mass is 35.5. The van der Waals surface area contributed by atoms with Crippen molar-refractivity contribution in [2.45, 2.75) is 19.9 Å². The van der Waals surface area contributed by atoms with E-state index in [2.05, 4.69) is 0 Å². The van der Waals surface area contributed by atoms with Crippen LogP contribution in [0.1, 0.15) is 24.2 Å². The minimum absolute atomic E-state index is 0.0550. The number of benzene rings is 1. The van der Waals surface area contributed by atoms with Crippen molar-refractivity contribution in [3.05, 3.63) is 34.6 Å². The van der Waals surface area contributed by atoms with Gasteiger partial charge in [-0.25, -0.2) is 4.39 Å². The van der Waals surface area contributed by atoms with Gasteiger partial charge >= 0.3 is 0 Å². The van der Waals surface area contributed by atoms with Gasteiger partial charge in [0.05, 0.1) is 16.6 Å². The Morgan fingerprint density at radius 3 is 2.26 bits per heavy atom. The van der Waals surface area contributed by atoms with Crippen LogP contribution in [0.5, 0.6) is 0 Å². The van der Waals surface area contributed by atoms with E-state index >= 15 is 0 Å². The molecule has 1 saturated heterocycles. The molecule has 126 valence electrons. The lowest BCUT2D eigenvalue weighted by Crippen LogP contribution is -2.55. The molecule has 0 aliphatic carbocycles. The zero-order valence-electron chi connectivity index (χ0n) is 13.3. The average Bonchev–Trinajstić information content (AvgIpc) is 2.53. The lowest BCUT2D eigenvalue weighted by molar-refractivity contribution is -0.135. The highest BCUT2D eigenvalue weighted by Crippen LogP contribution is 2.21. The first kappa shape index (κ1) is 17.7. The Morgan fingerprint density at radius 1 is 1.17 bits per heavy atom. The molecule has 1 aromatic carbocycles. The Labute approximate surface area is 140 Å².